The number of hydrogen-bond acceptors (Lipinski definition) is 3. The van der Waals surface area contributed by atoms with Gasteiger partial charge < -0.3 is 5.73 Å². The van der Waals surface area contributed by atoms with Gasteiger partial charge in [0, 0.05) is 5.69 Å². The lowest BCUT2D eigenvalue weighted by Crippen LogP contribution is -2.05. The van der Waals surface area contributed by atoms with Gasteiger partial charge in [0.05, 0.1) is 4.90 Å². The molecule has 0 bridgehead atoms. The predicted octanol–water partition coefficient (Wildman–Crippen LogP) is 2.55. The molecule has 2 rings (SSSR count). The molecule has 2 aromatic rings. The average molecular weight is 265 g/mol. The largest absolute Gasteiger partial charge is 0.399 e. The van der Waals surface area contributed by atoms with Crippen molar-refractivity contribution >= 4 is 15.5 Å². The second-order valence-electron chi connectivity index (χ2n) is 3.95. The first-order valence-corrected chi connectivity index (χ1v) is 6.77. The minimum absolute atomic E-state index is 0.0410. The SMILES string of the molecule is Cc1cc(S(=O)(=O)c2ccccc2F)ccc1N. The van der Waals surface area contributed by atoms with E-state index in [4.69, 9.17) is 5.73 Å². The molecule has 0 saturated carbocycles. The molecule has 5 heteroatoms. The van der Waals surface area contributed by atoms with Gasteiger partial charge in [0.25, 0.3) is 0 Å². The standard InChI is InChI=1S/C13H12FNO2S/c1-9-8-10(6-7-12(9)15)18(16,17)13-5-3-2-4-11(13)14/h2-8H,15H2,1H3. The van der Waals surface area contributed by atoms with E-state index in [1.54, 1.807) is 6.92 Å². The third-order valence-corrected chi connectivity index (χ3v) is 4.46. The van der Waals surface area contributed by atoms with Crippen molar-refractivity contribution in [1.29, 1.82) is 0 Å². The fourth-order valence-corrected chi connectivity index (χ4v) is 3.02. The Morgan fingerprint density at radius 1 is 1.11 bits per heavy atom. The van der Waals surface area contributed by atoms with Gasteiger partial charge in [-0.05, 0) is 42.8 Å². The van der Waals surface area contributed by atoms with Gasteiger partial charge >= 0.3 is 0 Å². The molecule has 0 fully saturated rings. The van der Waals surface area contributed by atoms with E-state index in [0.29, 0.717) is 11.3 Å². The summed E-state index contributed by atoms with van der Waals surface area (Å²) in [5, 5.41) is 0. The van der Waals surface area contributed by atoms with Gasteiger partial charge in [0.2, 0.25) is 9.84 Å². The zero-order chi connectivity index (χ0) is 13.3. The molecule has 0 heterocycles. The molecule has 0 radical (unpaired) electrons. The van der Waals surface area contributed by atoms with Crippen molar-refractivity contribution in [1.82, 2.24) is 0 Å². The summed E-state index contributed by atoms with van der Waals surface area (Å²) >= 11 is 0. The molecule has 0 aliphatic heterocycles. The molecular formula is C13H12FNO2S. The number of anilines is 1. The molecule has 0 spiro atoms. The van der Waals surface area contributed by atoms with E-state index in [9.17, 15) is 12.8 Å². The van der Waals surface area contributed by atoms with Gasteiger partial charge in [-0.2, -0.15) is 0 Å². The highest BCUT2D eigenvalue weighted by atomic mass is 32.2. The number of nitrogen functional groups attached to an aromatic ring is 1. The summed E-state index contributed by atoms with van der Waals surface area (Å²) in [6, 6.07) is 9.63. The number of benzene rings is 2. The Bertz CT molecular complexity index is 696. The summed E-state index contributed by atoms with van der Waals surface area (Å²) in [7, 11) is -3.84. The van der Waals surface area contributed by atoms with Crippen LogP contribution in [0.5, 0.6) is 0 Å². The second kappa shape index (κ2) is 4.42. The Morgan fingerprint density at radius 3 is 2.39 bits per heavy atom. The zero-order valence-electron chi connectivity index (χ0n) is 9.72. The van der Waals surface area contributed by atoms with Crippen molar-refractivity contribution < 1.29 is 12.8 Å². The molecule has 0 unspecified atom stereocenters. The third-order valence-electron chi connectivity index (χ3n) is 2.68. The maximum absolute atomic E-state index is 13.5. The van der Waals surface area contributed by atoms with E-state index in [1.807, 2.05) is 0 Å². The second-order valence-corrected chi connectivity index (χ2v) is 5.87. The smallest absolute Gasteiger partial charge is 0.209 e. The van der Waals surface area contributed by atoms with E-state index in [-0.39, 0.29) is 9.79 Å². The van der Waals surface area contributed by atoms with Crippen molar-refractivity contribution in [2.75, 3.05) is 5.73 Å². The summed E-state index contributed by atoms with van der Waals surface area (Å²) in [5.74, 6) is -0.757. The minimum atomic E-state index is -3.84. The molecule has 2 aromatic carbocycles. The average Bonchev–Trinajstić information content (AvgIpc) is 2.33. The molecule has 3 nitrogen and oxygen atoms in total. The Kier molecular flexibility index (Phi) is 3.09. The van der Waals surface area contributed by atoms with Gasteiger partial charge in [0.1, 0.15) is 10.7 Å². The van der Waals surface area contributed by atoms with Gasteiger partial charge in [-0.3, -0.25) is 0 Å². The predicted molar refractivity (Wildman–Crippen MR) is 67.4 cm³/mol. The number of aryl methyl sites for hydroxylation is 1. The van der Waals surface area contributed by atoms with Crippen LogP contribution in [0.1, 0.15) is 5.56 Å². The monoisotopic (exact) mass is 265 g/mol. The minimum Gasteiger partial charge on any atom is -0.399 e. The summed E-state index contributed by atoms with van der Waals surface area (Å²) in [6.07, 6.45) is 0. The summed E-state index contributed by atoms with van der Waals surface area (Å²) < 4.78 is 38.0. The van der Waals surface area contributed by atoms with Crippen molar-refractivity contribution in [2.24, 2.45) is 0 Å². The first-order chi connectivity index (χ1) is 8.43. The Hall–Kier alpha value is -1.88. The number of nitrogens with two attached hydrogens (primary N) is 1. The van der Waals surface area contributed by atoms with Crippen LogP contribution in [0.4, 0.5) is 10.1 Å². The van der Waals surface area contributed by atoms with Crippen LogP contribution in [0.2, 0.25) is 0 Å². The van der Waals surface area contributed by atoms with Crippen molar-refractivity contribution in [3.05, 3.63) is 53.8 Å². The van der Waals surface area contributed by atoms with E-state index in [2.05, 4.69) is 0 Å². The Morgan fingerprint density at radius 2 is 1.78 bits per heavy atom. The van der Waals surface area contributed by atoms with Crippen LogP contribution in [0, 0.1) is 12.7 Å². The van der Waals surface area contributed by atoms with Gasteiger partial charge in [-0.1, -0.05) is 12.1 Å². The fraction of sp³-hybridized carbons (Fsp3) is 0.0769. The topological polar surface area (TPSA) is 60.2 Å². The van der Waals surface area contributed by atoms with Gasteiger partial charge in [-0.15, -0.1) is 0 Å². The van der Waals surface area contributed by atoms with E-state index in [1.165, 1.54) is 36.4 Å². The van der Waals surface area contributed by atoms with Crippen LogP contribution < -0.4 is 5.73 Å². The van der Waals surface area contributed by atoms with Crippen molar-refractivity contribution in [2.45, 2.75) is 16.7 Å². The van der Waals surface area contributed by atoms with Crippen LogP contribution >= 0.6 is 0 Å². The van der Waals surface area contributed by atoms with E-state index < -0.39 is 15.7 Å². The number of rotatable bonds is 2. The van der Waals surface area contributed by atoms with Gasteiger partial charge in [0.15, 0.2) is 0 Å². The lowest BCUT2D eigenvalue weighted by molar-refractivity contribution is 0.567. The van der Waals surface area contributed by atoms with Gasteiger partial charge in [-0.25, -0.2) is 12.8 Å². The summed E-state index contributed by atoms with van der Waals surface area (Å²) in [5.41, 5.74) is 6.78. The Labute approximate surface area is 105 Å². The molecular weight excluding hydrogens is 253 g/mol. The fourth-order valence-electron chi connectivity index (χ4n) is 1.60. The number of halogens is 1. The highest BCUT2D eigenvalue weighted by Gasteiger charge is 2.21. The van der Waals surface area contributed by atoms with Crippen molar-refractivity contribution in [3.63, 3.8) is 0 Å². The maximum Gasteiger partial charge on any atom is 0.209 e. The van der Waals surface area contributed by atoms with Crippen molar-refractivity contribution in [3.8, 4) is 0 Å². The third kappa shape index (κ3) is 2.09. The highest BCUT2D eigenvalue weighted by molar-refractivity contribution is 7.91. The van der Waals surface area contributed by atoms with Crippen LogP contribution in [0.25, 0.3) is 0 Å². The first kappa shape index (κ1) is 12.6. The molecule has 94 valence electrons. The van der Waals surface area contributed by atoms with E-state index >= 15 is 0 Å². The lowest BCUT2D eigenvalue weighted by atomic mass is 10.2. The zero-order valence-corrected chi connectivity index (χ0v) is 10.5. The molecule has 0 saturated heterocycles. The maximum atomic E-state index is 13.5. The van der Waals surface area contributed by atoms with Crippen LogP contribution in [0.15, 0.2) is 52.3 Å². The van der Waals surface area contributed by atoms with E-state index in [0.717, 1.165) is 6.07 Å². The normalized spacial score (nSPS) is 11.4. The highest BCUT2D eigenvalue weighted by Crippen LogP contribution is 2.25. The quantitative estimate of drug-likeness (QED) is 0.849. The molecule has 18 heavy (non-hydrogen) atoms. The molecule has 0 amide bonds. The number of sulfone groups is 1. The molecule has 0 aliphatic rings. The van der Waals surface area contributed by atoms with Crippen LogP contribution in [0.3, 0.4) is 0 Å². The molecule has 2 N–H and O–H groups in total. The summed E-state index contributed by atoms with van der Waals surface area (Å²) in [6.45, 7) is 1.70. The molecule has 0 atom stereocenters. The molecule has 0 aromatic heterocycles. The van der Waals surface area contributed by atoms with Crippen LogP contribution in [-0.2, 0) is 9.84 Å². The lowest BCUT2D eigenvalue weighted by Gasteiger charge is -2.07. The first-order valence-electron chi connectivity index (χ1n) is 5.28. The number of hydrogen-bond donors (Lipinski definition) is 1. The molecule has 0 aliphatic carbocycles. The van der Waals surface area contributed by atoms with Crippen LogP contribution in [-0.4, -0.2) is 8.42 Å². The Balaban J connectivity index is 2.62. The summed E-state index contributed by atoms with van der Waals surface area (Å²) in [4.78, 5) is -0.284.